The Kier molecular flexibility index (Phi) is 4.47. The van der Waals surface area contributed by atoms with Crippen LogP contribution in [0.3, 0.4) is 0 Å². The van der Waals surface area contributed by atoms with E-state index in [1.165, 1.54) is 30.3 Å². The average Bonchev–Trinajstić information content (AvgIpc) is 2.44. The van der Waals surface area contributed by atoms with Crippen LogP contribution in [0.2, 0.25) is 0 Å². The lowest BCUT2D eigenvalue weighted by Gasteiger charge is -2.15. The molecule has 0 spiro atoms. The molecule has 0 aromatic heterocycles. The Bertz CT molecular complexity index is 625. The molecule has 2 nitrogen and oxygen atoms in total. The summed E-state index contributed by atoms with van der Waals surface area (Å²) >= 11 is 0. The third-order valence-corrected chi connectivity index (χ3v) is 2.82. The van der Waals surface area contributed by atoms with Gasteiger partial charge in [0.25, 0.3) is 0 Å². The number of benzene rings is 2. The average molecular weight is 299 g/mol. The molecule has 0 aliphatic heterocycles. The molecule has 0 radical (unpaired) electrons. The predicted molar refractivity (Wildman–Crippen MR) is 71.4 cm³/mol. The van der Waals surface area contributed by atoms with E-state index in [2.05, 4.69) is 0 Å². The lowest BCUT2D eigenvalue weighted by molar-refractivity contribution is -0.137. The van der Waals surface area contributed by atoms with E-state index in [1.54, 1.807) is 0 Å². The number of halogens is 4. The summed E-state index contributed by atoms with van der Waals surface area (Å²) in [4.78, 5) is 0. The largest absolute Gasteiger partial charge is 0.492 e. The van der Waals surface area contributed by atoms with Crippen molar-refractivity contribution in [2.75, 3.05) is 13.2 Å². The van der Waals surface area contributed by atoms with Crippen molar-refractivity contribution in [2.45, 2.75) is 6.18 Å². The number of alkyl halides is 3. The van der Waals surface area contributed by atoms with Crippen LogP contribution in [0.5, 0.6) is 5.75 Å². The minimum atomic E-state index is -4.57. The van der Waals surface area contributed by atoms with Gasteiger partial charge in [0, 0.05) is 6.54 Å². The van der Waals surface area contributed by atoms with Gasteiger partial charge in [-0.05, 0) is 35.4 Å². The van der Waals surface area contributed by atoms with Crippen molar-refractivity contribution in [3.63, 3.8) is 0 Å². The van der Waals surface area contributed by atoms with Gasteiger partial charge in [0.05, 0.1) is 5.56 Å². The zero-order chi connectivity index (χ0) is 15.5. The SMILES string of the molecule is NCCOc1ccc(-c2cccc(F)c2)c(C(F)(F)F)c1. The van der Waals surface area contributed by atoms with Crippen LogP contribution in [0.4, 0.5) is 17.6 Å². The van der Waals surface area contributed by atoms with Crippen LogP contribution in [-0.4, -0.2) is 13.2 Å². The van der Waals surface area contributed by atoms with Crippen LogP contribution in [0.25, 0.3) is 11.1 Å². The van der Waals surface area contributed by atoms with Crippen molar-refractivity contribution in [3.05, 3.63) is 53.8 Å². The molecule has 2 N–H and O–H groups in total. The standard InChI is InChI=1S/C15H13F4NO/c16-11-3-1-2-10(8-11)13-5-4-12(21-7-6-20)9-14(13)15(17,18)19/h1-5,8-9H,6-7,20H2. The first-order valence-electron chi connectivity index (χ1n) is 6.22. The molecule has 6 heteroatoms. The highest BCUT2D eigenvalue weighted by atomic mass is 19.4. The third kappa shape index (κ3) is 3.72. The number of nitrogens with two attached hydrogens (primary N) is 1. The van der Waals surface area contributed by atoms with Crippen molar-refractivity contribution in [1.29, 1.82) is 0 Å². The second kappa shape index (κ2) is 6.13. The Balaban J connectivity index is 2.50. The van der Waals surface area contributed by atoms with Gasteiger partial charge >= 0.3 is 6.18 Å². The van der Waals surface area contributed by atoms with Gasteiger partial charge in [-0.3, -0.25) is 0 Å². The maximum atomic E-state index is 13.2. The third-order valence-electron chi connectivity index (χ3n) is 2.82. The van der Waals surface area contributed by atoms with E-state index >= 15 is 0 Å². The summed E-state index contributed by atoms with van der Waals surface area (Å²) in [5, 5.41) is 0. The smallest absolute Gasteiger partial charge is 0.417 e. The van der Waals surface area contributed by atoms with Crippen molar-refractivity contribution >= 4 is 0 Å². The number of ether oxygens (including phenoxy) is 1. The summed E-state index contributed by atoms with van der Waals surface area (Å²) in [7, 11) is 0. The highest BCUT2D eigenvalue weighted by Gasteiger charge is 2.34. The molecule has 112 valence electrons. The van der Waals surface area contributed by atoms with Gasteiger partial charge in [0.15, 0.2) is 0 Å². The molecule has 2 aromatic rings. The van der Waals surface area contributed by atoms with Crippen LogP contribution in [-0.2, 0) is 6.18 Å². The minimum absolute atomic E-state index is 0.0768. The molecule has 21 heavy (non-hydrogen) atoms. The van der Waals surface area contributed by atoms with E-state index in [0.717, 1.165) is 12.1 Å². The number of rotatable bonds is 4. The second-order valence-electron chi connectivity index (χ2n) is 4.35. The van der Waals surface area contributed by atoms with Crippen molar-refractivity contribution in [2.24, 2.45) is 5.73 Å². The summed E-state index contributed by atoms with van der Waals surface area (Å²) < 4.78 is 57.8. The molecular formula is C15H13F4NO. The van der Waals surface area contributed by atoms with E-state index in [9.17, 15) is 17.6 Å². The Morgan fingerprint density at radius 1 is 1.05 bits per heavy atom. The Morgan fingerprint density at radius 2 is 1.81 bits per heavy atom. The monoisotopic (exact) mass is 299 g/mol. The summed E-state index contributed by atoms with van der Waals surface area (Å²) in [5.41, 5.74) is 4.44. The molecule has 0 saturated heterocycles. The molecule has 0 amide bonds. The normalized spacial score (nSPS) is 11.5. The van der Waals surface area contributed by atoms with Gasteiger partial charge in [-0.25, -0.2) is 4.39 Å². The molecule has 0 bridgehead atoms. The van der Waals surface area contributed by atoms with Gasteiger partial charge < -0.3 is 10.5 Å². The van der Waals surface area contributed by atoms with E-state index in [4.69, 9.17) is 10.5 Å². The Labute approximate surface area is 119 Å². The Morgan fingerprint density at radius 3 is 2.43 bits per heavy atom. The summed E-state index contributed by atoms with van der Waals surface area (Å²) in [5.74, 6) is -0.517. The first kappa shape index (κ1) is 15.3. The van der Waals surface area contributed by atoms with Crippen LogP contribution >= 0.6 is 0 Å². The van der Waals surface area contributed by atoms with Crippen molar-refractivity contribution in [3.8, 4) is 16.9 Å². The van der Waals surface area contributed by atoms with E-state index in [0.29, 0.717) is 0 Å². The van der Waals surface area contributed by atoms with Gasteiger partial charge in [-0.15, -0.1) is 0 Å². The fourth-order valence-electron chi connectivity index (χ4n) is 1.93. The topological polar surface area (TPSA) is 35.2 Å². The highest BCUT2D eigenvalue weighted by molar-refractivity contribution is 5.69. The Hall–Kier alpha value is -2.08. The van der Waals surface area contributed by atoms with Crippen LogP contribution < -0.4 is 10.5 Å². The summed E-state index contributed by atoms with van der Waals surface area (Å²) in [6.45, 7) is 0.323. The van der Waals surface area contributed by atoms with E-state index in [1.807, 2.05) is 0 Å². The predicted octanol–water partition coefficient (Wildman–Crippen LogP) is 3.85. The molecule has 0 unspecified atom stereocenters. The molecule has 0 aliphatic carbocycles. The first-order valence-corrected chi connectivity index (χ1v) is 6.22. The maximum absolute atomic E-state index is 13.2. The quantitative estimate of drug-likeness (QED) is 0.870. The van der Waals surface area contributed by atoms with E-state index in [-0.39, 0.29) is 30.0 Å². The zero-order valence-corrected chi connectivity index (χ0v) is 11.0. The van der Waals surface area contributed by atoms with Crippen molar-refractivity contribution < 1.29 is 22.3 Å². The minimum Gasteiger partial charge on any atom is -0.492 e. The summed E-state index contributed by atoms with van der Waals surface area (Å²) in [6.07, 6.45) is -4.57. The molecule has 0 heterocycles. The number of hydrogen-bond acceptors (Lipinski definition) is 2. The van der Waals surface area contributed by atoms with Crippen LogP contribution in [0, 0.1) is 5.82 Å². The van der Waals surface area contributed by atoms with Crippen molar-refractivity contribution in [1.82, 2.24) is 0 Å². The molecule has 0 atom stereocenters. The summed E-state index contributed by atoms with van der Waals surface area (Å²) in [6, 6.07) is 8.60. The molecule has 0 aliphatic rings. The fraction of sp³-hybridized carbons (Fsp3) is 0.200. The number of hydrogen-bond donors (Lipinski definition) is 1. The van der Waals surface area contributed by atoms with Gasteiger partial charge in [0.1, 0.15) is 18.2 Å². The zero-order valence-electron chi connectivity index (χ0n) is 11.0. The lowest BCUT2D eigenvalue weighted by atomic mass is 9.99. The van der Waals surface area contributed by atoms with Gasteiger partial charge in [0.2, 0.25) is 0 Å². The maximum Gasteiger partial charge on any atom is 0.417 e. The lowest BCUT2D eigenvalue weighted by Crippen LogP contribution is -2.12. The highest BCUT2D eigenvalue weighted by Crippen LogP contribution is 2.39. The molecular weight excluding hydrogens is 286 g/mol. The molecule has 2 aromatic carbocycles. The first-order chi connectivity index (χ1) is 9.91. The van der Waals surface area contributed by atoms with Crippen LogP contribution in [0.1, 0.15) is 5.56 Å². The van der Waals surface area contributed by atoms with E-state index < -0.39 is 17.6 Å². The second-order valence-corrected chi connectivity index (χ2v) is 4.35. The molecule has 0 fully saturated rings. The fourth-order valence-corrected chi connectivity index (χ4v) is 1.93. The molecule has 2 rings (SSSR count). The van der Waals surface area contributed by atoms with Gasteiger partial charge in [-0.1, -0.05) is 18.2 Å². The molecule has 0 saturated carbocycles. The van der Waals surface area contributed by atoms with Crippen LogP contribution in [0.15, 0.2) is 42.5 Å². The van der Waals surface area contributed by atoms with Gasteiger partial charge in [-0.2, -0.15) is 13.2 Å².